The third-order valence-corrected chi connectivity index (χ3v) is 8.20. The lowest BCUT2D eigenvalue weighted by molar-refractivity contribution is -0.147. The second-order valence-corrected chi connectivity index (χ2v) is 12.0. The molecule has 2 N–H and O–H groups in total. The Bertz CT molecular complexity index is 885. The molecule has 8 heteroatoms. The van der Waals surface area contributed by atoms with Crippen LogP contribution in [0.1, 0.15) is 72.6 Å². The molecule has 34 heavy (non-hydrogen) atoms. The van der Waals surface area contributed by atoms with Crippen molar-refractivity contribution in [3.8, 4) is 0 Å². The van der Waals surface area contributed by atoms with Gasteiger partial charge < -0.3 is 25.0 Å². The van der Waals surface area contributed by atoms with Crippen LogP contribution in [0.15, 0.2) is 12.2 Å². The number of rotatable bonds is 5. The maximum absolute atomic E-state index is 14.0. The Hall–Kier alpha value is -1.93. The van der Waals surface area contributed by atoms with E-state index in [1.807, 2.05) is 39.8 Å². The summed E-state index contributed by atoms with van der Waals surface area (Å²) < 4.78 is 12.4. The van der Waals surface area contributed by atoms with Gasteiger partial charge in [-0.1, -0.05) is 31.4 Å². The van der Waals surface area contributed by atoms with E-state index in [0.29, 0.717) is 13.2 Å². The van der Waals surface area contributed by atoms with Crippen LogP contribution < -0.4 is 10.6 Å². The van der Waals surface area contributed by atoms with E-state index in [1.165, 1.54) is 6.42 Å². The van der Waals surface area contributed by atoms with Crippen LogP contribution in [0.5, 0.6) is 0 Å². The maximum atomic E-state index is 14.0. The molecule has 4 heterocycles. The highest BCUT2D eigenvalue weighted by molar-refractivity contribution is 6.00. The average molecular weight is 474 g/mol. The Morgan fingerprint density at radius 1 is 1.09 bits per heavy atom. The molecular weight excluding hydrogens is 434 g/mol. The van der Waals surface area contributed by atoms with Crippen molar-refractivity contribution in [1.29, 1.82) is 0 Å². The van der Waals surface area contributed by atoms with Crippen LogP contribution in [-0.4, -0.2) is 70.7 Å². The number of hydrogen-bond acceptors (Lipinski definition) is 5. The zero-order chi connectivity index (χ0) is 24.3. The summed E-state index contributed by atoms with van der Waals surface area (Å²) in [5, 5.41) is 6.28. The molecule has 6 atom stereocenters. The number of carbonyl (C=O) groups is 3. The highest BCUT2D eigenvalue weighted by Crippen LogP contribution is 2.59. The second-order valence-electron chi connectivity index (χ2n) is 12.0. The molecular formula is C26H39N3O5. The molecule has 1 saturated carbocycles. The predicted molar refractivity (Wildman–Crippen MR) is 126 cm³/mol. The van der Waals surface area contributed by atoms with Crippen molar-refractivity contribution in [2.75, 3.05) is 13.2 Å². The summed E-state index contributed by atoms with van der Waals surface area (Å²) in [6.45, 7) is 8.65. The number of nitrogens with zero attached hydrogens (tertiary/aromatic N) is 1. The fourth-order valence-corrected chi connectivity index (χ4v) is 6.81. The van der Waals surface area contributed by atoms with Crippen LogP contribution in [0.4, 0.5) is 0 Å². The number of fused-ring (bicyclic) bond motifs is 1. The molecule has 1 aliphatic carbocycles. The first-order valence-corrected chi connectivity index (χ1v) is 13.0. The lowest BCUT2D eigenvalue weighted by Crippen LogP contribution is -2.58. The molecule has 0 unspecified atom stereocenters. The number of ether oxygens (including phenoxy) is 2. The molecule has 4 aliphatic heterocycles. The van der Waals surface area contributed by atoms with Crippen LogP contribution in [0.25, 0.3) is 0 Å². The van der Waals surface area contributed by atoms with Crippen LogP contribution >= 0.6 is 0 Å². The van der Waals surface area contributed by atoms with Gasteiger partial charge in [-0.3, -0.25) is 14.4 Å². The fraction of sp³-hybridized carbons (Fsp3) is 0.808. The van der Waals surface area contributed by atoms with Gasteiger partial charge in [-0.25, -0.2) is 0 Å². The largest absolute Gasteiger partial charge is 0.376 e. The van der Waals surface area contributed by atoms with Gasteiger partial charge in [0.25, 0.3) is 0 Å². The van der Waals surface area contributed by atoms with Gasteiger partial charge in [-0.2, -0.15) is 0 Å². The fourth-order valence-electron chi connectivity index (χ4n) is 6.81. The van der Waals surface area contributed by atoms with Gasteiger partial charge >= 0.3 is 0 Å². The topological polar surface area (TPSA) is 97.0 Å². The van der Waals surface area contributed by atoms with E-state index in [1.54, 1.807) is 4.90 Å². The van der Waals surface area contributed by atoms with Gasteiger partial charge in [-0.05, 0) is 53.4 Å². The molecule has 5 aliphatic rings. The average Bonchev–Trinajstić information content (AvgIpc) is 3.48. The number of amides is 3. The molecule has 4 fully saturated rings. The van der Waals surface area contributed by atoms with Crippen molar-refractivity contribution in [3.05, 3.63) is 12.2 Å². The first-order chi connectivity index (χ1) is 16.0. The monoisotopic (exact) mass is 473 g/mol. The minimum atomic E-state index is -1.14. The molecule has 0 aromatic heterocycles. The lowest BCUT2D eigenvalue weighted by Gasteiger charge is -2.35. The van der Waals surface area contributed by atoms with Gasteiger partial charge in [0.2, 0.25) is 17.7 Å². The predicted octanol–water partition coefficient (Wildman–Crippen LogP) is 2.07. The summed E-state index contributed by atoms with van der Waals surface area (Å²) in [4.78, 5) is 42.9. The minimum absolute atomic E-state index is 0.101. The standard InChI is InChI=1S/C26H39N3O5/c1-24(2,3)28-22(31)20-26-13-12-25(4,34-26)18(21(30)27-16-9-6-5-7-10-16)19(26)23(32)29(20)15-17-11-8-14-33-17/h12-13,16-20H,5-11,14-15H2,1-4H3,(H,27,30)(H,28,31)/t17-,18+,19-,20+,25+,26+/m0/s1. The third-order valence-electron chi connectivity index (χ3n) is 8.20. The van der Waals surface area contributed by atoms with Crippen molar-refractivity contribution in [2.24, 2.45) is 11.8 Å². The van der Waals surface area contributed by atoms with Crippen molar-refractivity contribution < 1.29 is 23.9 Å². The normalized spacial score (nSPS) is 39.5. The van der Waals surface area contributed by atoms with Crippen molar-refractivity contribution in [3.63, 3.8) is 0 Å². The Kier molecular flexibility index (Phi) is 5.83. The van der Waals surface area contributed by atoms with E-state index >= 15 is 0 Å². The molecule has 5 rings (SSSR count). The number of likely N-dealkylation sites (tertiary alicyclic amines) is 1. The summed E-state index contributed by atoms with van der Waals surface area (Å²) >= 11 is 0. The van der Waals surface area contributed by atoms with E-state index in [2.05, 4.69) is 10.6 Å². The molecule has 0 aromatic rings. The Morgan fingerprint density at radius 3 is 2.47 bits per heavy atom. The molecule has 0 radical (unpaired) electrons. The zero-order valence-corrected chi connectivity index (χ0v) is 20.9. The van der Waals surface area contributed by atoms with E-state index in [9.17, 15) is 14.4 Å². The Morgan fingerprint density at radius 2 is 1.82 bits per heavy atom. The van der Waals surface area contributed by atoms with Gasteiger partial charge in [0.1, 0.15) is 11.6 Å². The zero-order valence-electron chi connectivity index (χ0n) is 20.9. The summed E-state index contributed by atoms with van der Waals surface area (Å²) in [5.74, 6) is -1.94. The first-order valence-electron chi connectivity index (χ1n) is 13.0. The summed E-state index contributed by atoms with van der Waals surface area (Å²) in [5.41, 5.74) is -2.52. The summed E-state index contributed by atoms with van der Waals surface area (Å²) in [6.07, 6.45) is 10.8. The smallest absolute Gasteiger partial charge is 0.246 e. The SMILES string of the molecule is CC(C)(C)NC(=O)[C@H]1N(C[C@@H]2CCCO2)C(=O)[C@@H]2[C@H](C(=O)NC3CCCCC3)[C@@]3(C)C=C[C@@]21O3. The Labute approximate surface area is 202 Å². The maximum Gasteiger partial charge on any atom is 0.246 e. The van der Waals surface area contributed by atoms with Gasteiger partial charge in [0, 0.05) is 24.7 Å². The molecule has 188 valence electrons. The van der Waals surface area contributed by atoms with Gasteiger partial charge in [0.05, 0.1) is 23.5 Å². The quantitative estimate of drug-likeness (QED) is 0.596. The van der Waals surface area contributed by atoms with Gasteiger partial charge in [-0.15, -0.1) is 0 Å². The third kappa shape index (κ3) is 3.87. The van der Waals surface area contributed by atoms with Crippen LogP contribution in [0, 0.1) is 11.8 Å². The molecule has 0 aromatic carbocycles. The van der Waals surface area contributed by atoms with Gasteiger partial charge in [0.15, 0.2) is 0 Å². The Balaban J connectivity index is 1.47. The minimum Gasteiger partial charge on any atom is -0.376 e. The highest BCUT2D eigenvalue weighted by Gasteiger charge is 2.76. The molecule has 3 saturated heterocycles. The summed E-state index contributed by atoms with van der Waals surface area (Å²) in [7, 11) is 0. The molecule has 8 nitrogen and oxygen atoms in total. The number of nitrogens with one attached hydrogen (secondary N) is 2. The van der Waals surface area contributed by atoms with Crippen molar-refractivity contribution in [1.82, 2.24) is 15.5 Å². The summed E-state index contributed by atoms with van der Waals surface area (Å²) in [6, 6.07) is -0.692. The van der Waals surface area contributed by atoms with E-state index < -0.39 is 34.6 Å². The van der Waals surface area contributed by atoms with Crippen LogP contribution in [0.2, 0.25) is 0 Å². The molecule has 1 spiro atoms. The first kappa shape index (κ1) is 23.8. The van der Waals surface area contributed by atoms with Crippen LogP contribution in [0.3, 0.4) is 0 Å². The molecule has 3 amide bonds. The highest BCUT2D eigenvalue weighted by atomic mass is 16.5. The lowest BCUT2D eigenvalue weighted by atomic mass is 9.70. The number of carbonyl (C=O) groups excluding carboxylic acids is 3. The van der Waals surface area contributed by atoms with E-state index in [0.717, 1.165) is 38.5 Å². The molecule has 2 bridgehead atoms. The van der Waals surface area contributed by atoms with E-state index in [4.69, 9.17) is 9.47 Å². The second kappa shape index (κ2) is 8.33. The van der Waals surface area contributed by atoms with Crippen LogP contribution in [-0.2, 0) is 23.9 Å². The number of hydrogen-bond donors (Lipinski definition) is 2. The van der Waals surface area contributed by atoms with Crippen molar-refractivity contribution >= 4 is 17.7 Å². The van der Waals surface area contributed by atoms with E-state index in [-0.39, 0.29) is 29.9 Å². The van der Waals surface area contributed by atoms with Crippen molar-refractivity contribution in [2.45, 2.75) is 108 Å².